The standard InChI is InChI=1S/C13H15NO5/c1-8-5-6-9(13(18)19)7-10(8)14-11(15)3-2-4-12(16)17/h5-7H,2-4H2,1H3,(H,14,15)(H,16,17)(H,18,19)/p-2. The molecule has 6 heteroatoms. The summed E-state index contributed by atoms with van der Waals surface area (Å²) in [5.74, 6) is -2.91. The third kappa shape index (κ3) is 4.79. The van der Waals surface area contributed by atoms with E-state index in [-0.39, 0.29) is 30.7 Å². The highest BCUT2D eigenvalue weighted by Crippen LogP contribution is 2.17. The second kappa shape index (κ2) is 6.53. The van der Waals surface area contributed by atoms with Crippen LogP contribution >= 0.6 is 0 Å². The number of rotatable bonds is 6. The van der Waals surface area contributed by atoms with Gasteiger partial charge < -0.3 is 25.1 Å². The summed E-state index contributed by atoms with van der Waals surface area (Å²) in [7, 11) is 0. The number of hydrogen-bond acceptors (Lipinski definition) is 5. The minimum Gasteiger partial charge on any atom is -0.550 e. The fourth-order valence-electron chi connectivity index (χ4n) is 1.49. The summed E-state index contributed by atoms with van der Waals surface area (Å²) in [5, 5.41) is 23.4. The average molecular weight is 263 g/mol. The highest BCUT2D eigenvalue weighted by molar-refractivity contribution is 5.94. The van der Waals surface area contributed by atoms with Crippen LogP contribution in [-0.2, 0) is 9.59 Å². The fourth-order valence-corrected chi connectivity index (χ4v) is 1.49. The van der Waals surface area contributed by atoms with Crippen LogP contribution in [0.5, 0.6) is 0 Å². The van der Waals surface area contributed by atoms with Gasteiger partial charge in [0.25, 0.3) is 0 Å². The van der Waals surface area contributed by atoms with E-state index < -0.39 is 11.9 Å². The number of amides is 1. The molecule has 102 valence electrons. The minimum atomic E-state index is -1.33. The van der Waals surface area contributed by atoms with Crippen LogP contribution in [0.4, 0.5) is 5.69 Å². The van der Waals surface area contributed by atoms with Gasteiger partial charge in [-0.25, -0.2) is 0 Å². The van der Waals surface area contributed by atoms with Gasteiger partial charge in [0.2, 0.25) is 5.91 Å². The van der Waals surface area contributed by atoms with E-state index in [1.165, 1.54) is 12.1 Å². The van der Waals surface area contributed by atoms with Crippen LogP contribution in [0.3, 0.4) is 0 Å². The summed E-state index contributed by atoms with van der Waals surface area (Å²) in [4.78, 5) is 32.4. The number of carbonyl (C=O) groups excluding carboxylic acids is 3. The van der Waals surface area contributed by atoms with Crippen LogP contribution < -0.4 is 15.5 Å². The smallest absolute Gasteiger partial charge is 0.224 e. The molecule has 0 unspecified atom stereocenters. The Morgan fingerprint density at radius 2 is 1.84 bits per heavy atom. The van der Waals surface area contributed by atoms with Gasteiger partial charge in [0, 0.05) is 18.1 Å². The molecule has 19 heavy (non-hydrogen) atoms. The van der Waals surface area contributed by atoms with Crippen molar-refractivity contribution in [2.24, 2.45) is 0 Å². The number of anilines is 1. The van der Waals surface area contributed by atoms with Crippen molar-refractivity contribution >= 4 is 23.5 Å². The van der Waals surface area contributed by atoms with Crippen molar-refractivity contribution in [3.05, 3.63) is 29.3 Å². The van der Waals surface area contributed by atoms with Gasteiger partial charge in [-0.15, -0.1) is 0 Å². The molecule has 1 N–H and O–H groups in total. The zero-order chi connectivity index (χ0) is 14.4. The van der Waals surface area contributed by atoms with Gasteiger partial charge in [-0.05, 0) is 37.0 Å². The molecule has 0 fully saturated rings. The third-order valence-corrected chi connectivity index (χ3v) is 2.53. The molecule has 1 amide bonds. The summed E-state index contributed by atoms with van der Waals surface area (Å²) in [6.45, 7) is 1.72. The molecule has 0 saturated carbocycles. The lowest BCUT2D eigenvalue weighted by Gasteiger charge is -2.11. The molecule has 0 spiro atoms. The van der Waals surface area contributed by atoms with Crippen molar-refractivity contribution in [1.82, 2.24) is 0 Å². The molecule has 0 radical (unpaired) electrons. The Labute approximate surface area is 110 Å². The van der Waals surface area contributed by atoms with Crippen molar-refractivity contribution in [3.8, 4) is 0 Å². The summed E-state index contributed by atoms with van der Waals surface area (Å²) < 4.78 is 0. The predicted octanol–water partition coefficient (Wildman–Crippen LogP) is -0.783. The number of carboxylic acids is 2. The molecule has 0 aliphatic rings. The lowest BCUT2D eigenvalue weighted by molar-refractivity contribution is -0.305. The molecule has 0 aliphatic heterocycles. The Morgan fingerprint density at radius 1 is 1.16 bits per heavy atom. The second-order valence-electron chi connectivity index (χ2n) is 4.09. The molecule has 0 heterocycles. The number of carboxylic acid groups (broad SMARTS) is 2. The monoisotopic (exact) mass is 263 g/mol. The first kappa shape index (κ1) is 14.7. The van der Waals surface area contributed by atoms with E-state index >= 15 is 0 Å². The number of aliphatic carboxylic acids is 1. The van der Waals surface area contributed by atoms with Crippen LogP contribution in [0.15, 0.2) is 18.2 Å². The Kier molecular flexibility index (Phi) is 5.05. The SMILES string of the molecule is Cc1ccc(C(=O)[O-])cc1NC(=O)CCCC(=O)[O-]. The van der Waals surface area contributed by atoms with Crippen molar-refractivity contribution in [1.29, 1.82) is 0 Å². The summed E-state index contributed by atoms with van der Waals surface area (Å²) in [6.07, 6.45) is 0.0157. The van der Waals surface area contributed by atoms with E-state index in [2.05, 4.69) is 5.32 Å². The number of aromatic carboxylic acids is 1. The molecule has 1 aromatic carbocycles. The molecule has 0 atom stereocenters. The molecule has 1 aromatic rings. The number of carbonyl (C=O) groups is 3. The minimum absolute atomic E-state index is 0.0307. The molecular weight excluding hydrogens is 250 g/mol. The zero-order valence-corrected chi connectivity index (χ0v) is 10.4. The summed E-state index contributed by atoms with van der Waals surface area (Å²) >= 11 is 0. The van der Waals surface area contributed by atoms with Crippen LogP contribution in [0, 0.1) is 6.92 Å². The Balaban J connectivity index is 2.65. The Bertz CT molecular complexity index is 510. The maximum Gasteiger partial charge on any atom is 0.224 e. The molecule has 0 aromatic heterocycles. The topological polar surface area (TPSA) is 109 Å². The number of nitrogens with one attached hydrogen (secondary N) is 1. The first-order valence-electron chi connectivity index (χ1n) is 5.72. The molecule has 1 rings (SSSR count). The Morgan fingerprint density at radius 3 is 2.42 bits per heavy atom. The van der Waals surface area contributed by atoms with E-state index in [0.29, 0.717) is 11.3 Å². The van der Waals surface area contributed by atoms with Gasteiger partial charge in [0.05, 0.1) is 5.97 Å². The van der Waals surface area contributed by atoms with Gasteiger partial charge in [-0.3, -0.25) is 4.79 Å². The molecular formula is C13H13NO5-2. The predicted molar refractivity (Wildman–Crippen MR) is 63.0 cm³/mol. The lowest BCUT2D eigenvalue weighted by atomic mass is 10.1. The highest BCUT2D eigenvalue weighted by Gasteiger charge is 2.06. The third-order valence-electron chi connectivity index (χ3n) is 2.53. The Hall–Kier alpha value is -2.37. The van der Waals surface area contributed by atoms with Crippen molar-refractivity contribution in [2.75, 3.05) is 5.32 Å². The van der Waals surface area contributed by atoms with E-state index in [9.17, 15) is 24.6 Å². The first-order valence-corrected chi connectivity index (χ1v) is 5.72. The summed E-state index contributed by atoms with van der Waals surface area (Å²) in [5.41, 5.74) is 1.05. The maximum atomic E-state index is 11.5. The van der Waals surface area contributed by atoms with E-state index in [1.807, 2.05) is 0 Å². The normalized spacial score (nSPS) is 9.95. The molecule has 0 aliphatic carbocycles. The van der Waals surface area contributed by atoms with Gasteiger partial charge in [-0.2, -0.15) is 0 Å². The lowest BCUT2D eigenvalue weighted by Crippen LogP contribution is -2.23. The number of hydrogen-bond donors (Lipinski definition) is 1. The molecule has 6 nitrogen and oxygen atoms in total. The first-order chi connectivity index (χ1) is 8.90. The maximum absolute atomic E-state index is 11.5. The van der Waals surface area contributed by atoms with Crippen LogP contribution in [0.25, 0.3) is 0 Å². The van der Waals surface area contributed by atoms with Gasteiger partial charge >= 0.3 is 0 Å². The van der Waals surface area contributed by atoms with Gasteiger partial charge in [-0.1, -0.05) is 12.1 Å². The second-order valence-corrected chi connectivity index (χ2v) is 4.09. The van der Waals surface area contributed by atoms with Crippen LogP contribution in [0.1, 0.15) is 35.2 Å². The zero-order valence-electron chi connectivity index (χ0n) is 10.4. The van der Waals surface area contributed by atoms with Crippen LogP contribution in [0.2, 0.25) is 0 Å². The van der Waals surface area contributed by atoms with E-state index in [4.69, 9.17) is 0 Å². The number of aryl methyl sites for hydroxylation is 1. The van der Waals surface area contributed by atoms with Crippen LogP contribution in [-0.4, -0.2) is 17.8 Å². The van der Waals surface area contributed by atoms with E-state index in [1.54, 1.807) is 13.0 Å². The van der Waals surface area contributed by atoms with Crippen molar-refractivity contribution in [3.63, 3.8) is 0 Å². The van der Waals surface area contributed by atoms with Gasteiger partial charge in [0.15, 0.2) is 0 Å². The number of benzene rings is 1. The highest BCUT2D eigenvalue weighted by atomic mass is 16.4. The quantitative estimate of drug-likeness (QED) is 0.723. The fraction of sp³-hybridized carbons (Fsp3) is 0.308. The molecule has 0 saturated heterocycles. The largest absolute Gasteiger partial charge is 0.550 e. The van der Waals surface area contributed by atoms with Crippen molar-refractivity contribution in [2.45, 2.75) is 26.2 Å². The van der Waals surface area contributed by atoms with Crippen molar-refractivity contribution < 1.29 is 24.6 Å². The summed E-state index contributed by atoms with van der Waals surface area (Å²) in [6, 6.07) is 4.25. The average Bonchev–Trinajstić information content (AvgIpc) is 2.31. The van der Waals surface area contributed by atoms with E-state index in [0.717, 1.165) is 0 Å². The molecule has 0 bridgehead atoms. The van der Waals surface area contributed by atoms with Gasteiger partial charge in [0.1, 0.15) is 0 Å².